The number of rotatable bonds is 6. The molecule has 152 valence electrons. The number of nitrogens with one attached hydrogen (secondary N) is 1. The first-order valence-electron chi connectivity index (χ1n) is 9.02. The zero-order valence-corrected chi connectivity index (χ0v) is 17.1. The monoisotopic (exact) mass is 422 g/mol. The van der Waals surface area contributed by atoms with Gasteiger partial charge >= 0.3 is 5.97 Å². The molecule has 30 heavy (non-hydrogen) atoms. The van der Waals surface area contributed by atoms with Crippen LogP contribution in [0.4, 0.5) is 0 Å². The van der Waals surface area contributed by atoms with Crippen LogP contribution in [-0.2, 0) is 0 Å². The first-order chi connectivity index (χ1) is 14.5. The van der Waals surface area contributed by atoms with Crippen molar-refractivity contribution in [3.05, 3.63) is 94.0 Å². The number of hydrogen-bond donors (Lipinski definition) is 1. The van der Waals surface area contributed by atoms with E-state index in [2.05, 4.69) is 10.5 Å². The molecule has 3 rings (SSSR count). The van der Waals surface area contributed by atoms with Crippen LogP contribution in [0.3, 0.4) is 0 Å². The molecule has 0 fully saturated rings. The second-order valence-corrected chi connectivity index (χ2v) is 6.81. The molecule has 0 spiro atoms. The summed E-state index contributed by atoms with van der Waals surface area (Å²) in [5.41, 5.74) is 5.07. The van der Waals surface area contributed by atoms with E-state index in [-0.39, 0.29) is 11.7 Å². The lowest BCUT2D eigenvalue weighted by Crippen LogP contribution is -2.17. The third-order valence-corrected chi connectivity index (χ3v) is 4.42. The zero-order valence-electron chi connectivity index (χ0n) is 16.4. The topological polar surface area (TPSA) is 77.0 Å². The quantitative estimate of drug-likeness (QED) is 0.272. The van der Waals surface area contributed by atoms with Gasteiger partial charge in [-0.05, 0) is 67.1 Å². The average molecular weight is 423 g/mol. The first kappa shape index (κ1) is 21.1. The Morgan fingerprint density at radius 2 is 1.60 bits per heavy atom. The SMILES string of the molecule is COc1cc(/C=N/NC(=O)c2ccc(C)cc2)ccc1OC(=O)c1ccc(Cl)cc1. The Bertz CT molecular complexity index is 1080. The molecule has 0 aliphatic carbocycles. The molecular weight excluding hydrogens is 404 g/mol. The Hall–Kier alpha value is -3.64. The zero-order chi connectivity index (χ0) is 21.5. The summed E-state index contributed by atoms with van der Waals surface area (Å²) in [6.07, 6.45) is 1.47. The van der Waals surface area contributed by atoms with Crippen LogP contribution >= 0.6 is 11.6 Å². The van der Waals surface area contributed by atoms with Crippen molar-refractivity contribution in [1.29, 1.82) is 0 Å². The fourth-order valence-corrected chi connectivity index (χ4v) is 2.65. The van der Waals surface area contributed by atoms with Gasteiger partial charge in [-0.1, -0.05) is 29.3 Å². The summed E-state index contributed by atoms with van der Waals surface area (Å²) in [4.78, 5) is 24.4. The van der Waals surface area contributed by atoms with Gasteiger partial charge in [0.2, 0.25) is 0 Å². The van der Waals surface area contributed by atoms with Crippen LogP contribution in [0.2, 0.25) is 5.02 Å². The Kier molecular flexibility index (Phi) is 6.83. The van der Waals surface area contributed by atoms with Gasteiger partial charge in [-0.3, -0.25) is 4.79 Å². The van der Waals surface area contributed by atoms with E-state index >= 15 is 0 Å². The maximum absolute atomic E-state index is 12.3. The number of benzene rings is 3. The van der Waals surface area contributed by atoms with E-state index in [1.54, 1.807) is 54.6 Å². The minimum atomic E-state index is -0.531. The second kappa shape index (κ2) is 9.71. The van der Waals surface area contributed by atoms with Gasteiger partial charge in [-0.15, -0.1) is 0 Å². The highest BCUT2D eigenvalue weighted by molar-refractivity contribution is 6.30. The molecule has 0 heterocycles. The van der Waals surface area contributed by atoms with Crippen molar-refractivity contribution < 1.29 is 19.1 Å². The second-order valence-electron chi connectivity index (χ2n) is 6.37. The fraction of sp³-hybridized carbons (Fsp3) is 0.0870. The molecule has 0 bridgehead atoms. The standard InChI is InChI=1S/C23H19ClN2O4/c1-15-3-6-17(7-4-15)22(27)26-25-14-16-5-12-20(21(13-16)29-2)30-23(28)18-8-10-19(24)11-9-18/h3-14H,1-2H3,(H,26,27)/b25-14+. The van der Waals surface area contributed by atoms with Crippen molar-refractivity contribution in [2.45, 2.75) is 6.92 Å². The summed E-state index contributed by atoms with van der Waals surface area (Å²) < 4.78 is 10.7. The van der Waals surface area contributed by atoms with Gasteiger partial charge in [0.25, 0.3) is 5.91 Å². The van der Waals surface area contributed by atoms with Gasteiger partial charge in [-0.25, -0.2) is 10.2 Å². The molecular formula is C23H19ClN2O4. The number of ether oxygens (including phenoxy) is 2. The number of methoxy groups -OCH3 is 1. The normalized spacial score (nSPS) is 10.6. The fourth-order valence-electron chi connectivity index (χ4n) is 2.53. The van der Waals surface area contributed by atoms with Crippen LogP contribution in [0.5, 0.6) is 11.5 Å². The van der Waals surface area contributed by atoms with Crippen LogP contribution in [0.1, 0.15) is 31.8 Å². The summed E-state index contributed by atoms with van der Waals surface area (Å²) in [5.74, 6) is -0.229. The third-order valence-electron chi connectivity index (χ3n) is 4.16. The van der Waals surface area contributed by atoms with E-state index in [9.17, 15) is 9.59 Å². The third kappa shape index (κ3) is 5.46. The summed E-state index contributed by atoms with van der Waals surface area (Å²) >= 11 is 5.83. The molecule has 7 heteroatoms. The molecule has 0 saturated heterocycles. The number of carbonyl (C=O) groups excluding carboxylic acids is 2. The Labute approximate surface area is 179 Å². The predicted octanol–water partition coefficient (Wildman–Crippen LogP) is 4.64. The maximum atomic E-state index is 12.3. The molecule has 6 nitrogen and oxygen atoms in total. The van der Waals surface area contributed by atoms with Crippen LogP contribution in [0.25, 0.3) is 0 Å². The average Bonchev–Trinajstić information content (AvgIpc) is 2.75. The Balaban J connectivity index is 1.66. The lowest BCUT2D eigenvalue weighted by atomic mass is 10.1. The molecule has 3 aromatic rings. The van der Waals surface area contributed by atoms with Crippen LogP contribution in [0.15, 0.2) is 71.8 Å². The van der Waals surface area contributed by atoms with Crippen LogP contribution in [0, 0.1) is 6.92 Å². The highest BCUT2D eigenvalue weighted by Gasteiger charge is 2.13. The molecule has 0 aromatic heterocycles. The molecule has 3 aromatic carbocycles. The minimum absolute atomic E-state index is 0.262. The van der Waals surface area contributed by atoms with Crippen LogP contribution < -0.4 is 14.9 Å². The number of amides is 1. The Morgan fingerprint density at radius 1 is 0.933 bits per heavy atom. The van der Waals surface area contributed by atoms with Crippen molar-refractivity contribution in [1.82, 2.24) is 5.43 Å². The van der Waals surface area contributed by atoms with E-state index in [0.29, 0.717) is 27.5 Å². The summed E-state index contributed by atoms with van der Waals surface area (Å²) in [7, 11) is 1.47. The van der Waals surface area contributed by atoms with Crippen molar-refractivity contribution >= 4 is 29.7 Å². The number of carbonyl (C=O) groups is 2. The number of esters is 1. The maximum Gasteiger partial charge on any atom is 0.343 e. The number of nitrogens with zero attached hydrogens (tertiary/aromatic N) is 1. The number of aryl methyl sites for hydroxylation is 1. The van der Waals surface area contributed by atoms with Crippen molar-refractivity contribution in [3.63, 3.8) is 0 Å². The van der Waals surface area contributed by atoms with Gasteiger partial charge in [-0.2, -0.15) is 5.10 Å². The van der Waals surface area contributed by atoms with E-state index in [1.807, 2.05) is 19.1 Å². The molecule has 0 atom stereocenters. The van der Waals surface area contributed by atoms with Gasteiger partial charge in [0.05, 0.1) is 18.9 Å². The molecule has 0 unspecified atom stereocenters. The summed E-state index contributed by atoms with van der Waals surface area (Å²) in [6.45, 7) is 1.95. The Morgan fingerprint density at radius 3 is 2.27 bits per heavy atom. The highest BCUT2D eigenvalue weighted by atomic mass is 35.5. The van der Waals surface area contributed by atoms with Gasteiger partial charge < -0.3 is 9.47 Å². The smallest absolute Gasteiger partial charge is 0.343 e. The van der Waals surface area contributed by atoms with E-state index in [4.69, 9.17) is 21.1 Å². The summed E-state index contributed by atoms with van der Waals surface area (Å²) in [6, 6.07) is 18.5. The van der Waals surface area contributed by atoms with Crippen molar-refractivity contribution in [2.24, 2.45) is 5.10 Å². The van der Waals surface area contributed by atoms with E-state index < -0.39 is 5.97 Å². The van der Waals surface area contributed by atoms with E-state index in [1.165, 1.54) is 13.3 Å². The number of hydrogen-bond acceptors (Lipinski definition) is 5. The molecule has 0 aliphatic heterocycles. The lowest BCUT2D eigenvalue weighted by molar-refractivity contribution is 0.0729. The molecule has 0 radical (unpaired) electrons. The van der Waals surface area contributed by atoms with Crippen LogP contribution in [-0.4, -0.2) is 25.2 Å². The minimum Gasteiger partial charge on any atom is -0.493 e. The van der Waals surface area contributed by atoms with Gasteiger partial charge in [0, 0.05) is 10.6 Å². The predicted molar refractivity (Wildman–Crippen MR) is 116 cm³/mol. The molecule has 0 aliphatic rings. The van der Waals surface area contributed by atoms with E-state index in [0.717, 1.165) is 5.56 Å². The lowest BCUT2D eigenvalue weighted by Gasteiger charge is -2.10. The van der Waals surface area contributed by atoms with Crippen molar-refractivity contribution in [3.8, 4) is 11.5 Å². The van der Waals surface area contributed by atoms with Crippen molar-refractivity contribution in [2.75, 3.05) is 7.11 Å². The highest BCUT2D eigenvalue weighted by Crippen LogP contribution is 2.28. The first-order valence-corrected chi connectivity index (χ1v) is 9.40. The van der Waals surface area contributed by atoms with Gasteiger partial charge in [0.15, 0.2) is 11.5 Å². The number of hydrazone groups is 1. The largest absolute Gasteiger partial charge is 0.493 e. The molecule has 1 amide bonds. The molecule has 1 N–H and O–H groups in total. The summed E-state index contributed by atoms with van der Waals surface area (Å²) in [5, 5.41) is 4.49. The number of halogens is 1. The van der Waals surface area contributed by atoms with Gasteiger partial charge in [0.1, 0.15) is 0 Å². The molecule has 0 saturated carbocycles.